The number of carboxylic acid groups (broad SMARTS) is 1. The van der Waals surface area contributed by atoms with Crippen LogP contribution < -0.4 is 10.6 Å². The van der Waals surface area contributed by atoms with Crippen molar-refractivity contribution in [2.75, 3.05) is 11.5 Å². The monoisotopic (exact) mass is 440 g/mol. The lowest BCUT2D eigenvalue weighted by Crippen LogP contribution is -2.45. The van der Waals surface area contributed by atoms with Crippen molar-refractivity contribution in [2.24, 2.45) is 0 Å². The second kappa shape index (κ2) is 11.9. The Bertz CT molecular complexity index is 546. The number of carbonyl (C=O) groups excluding carboxylic acids is 3. The third-order valence-electron chi connectivity index (χ3n) is 2.42. The fraction of sp³-hybridized carbons (Fsp3) is 0.750. The standard InChI is InChI=1S/C16H28N2O8S2/c1-15(2,3)25-13(22)17-10(12(20)21)7-27-28-8-11(24-9-19)18-14(23)26-16(4,5)6/h9-11H,7-8H2,1-6H3,(H,17,22)(H,18,23)(H,20,21)/t10-,11+/m0/s1. The van der Waals surface area contributed by atoms with Gasteiger partial charge in [-0.05, 0) is 41.5 Å². The molecule has 2 atom stereocenters. The molecule has 0 aliphatic carbocycles. The Hall–Kier alpha value is -1.82. The van der Waals surface area contributed by atoms with Crippen molar-refractivity contribution in [3.05, 3.63) is 0 Å². The van der Waals surface area contributed by atoms with Gasteiger partial charge in [0.15, 0.2) is 6.23 Å². The van der Waals surface area contributed by atoms with Gasteiger partial charge in [0.25, 0.3) is 6.47 Å². The molecule has 12 heteroatoms. The second-order valence-electron chi connectivity index (χ2n) is 7.47. The number of hydrogen-bond donors (Lipinski definition) is 3. The van der Waals surface area contributed by atoms with Crippen LogP contribution in [-0.2, 0) is 23.8 Å². The molecule has 10 nitrogen and oxygen atoms in total. The fourth-order valence-corrected chi connectivity index (χ4v) is 3.67. The van der Waals surface area contributed by atoms with Crippen molar-refractivity contribution >= 4 is 46.2 Å². The molecule has 0 fully saturated rings. The van der Waals surface area contributed by atoms with E-state index in [4.69, 9.17) is 14.2 Å². The molecule has 0 rings (SSSR count). The highest BCUT2D eigenvalue weighted by molar-refractivity contribution is 8.76. The molecule has 0 aliphatic heterocycles. The summed E-state index contributed by atoms with van der Waals surface area (Å²) in [6, 6.07) is -1.17. The molecule has 0 heterocycles. The van der Waals surface area contributed by atoms with Crippen molar-refractivity contribution in [3.63, 3.8) is 0 Å². The van der Waals surface area contributed by atoms with E-state index in [1.807, 2.05) is 0 Å². The van der Waals surface area contributed by atoms with Crippen LogP contribution in [0, 0.1) is 0 Å². The maximum absolute atomic E-state index is 11.7. The number of rotatable bonds is 10. The van der Waals surface area contributed by atoms with Gasteiger partial charge in [0, 0.05) is 5.75 Å². The molecule has 0 saturated carbocycles. The highest BCUT2D eigenvalue weighted by Gasteiger charge is 2.25. The quantitative estimate of drug-likeness (QED) is 0.152. The third-order valence-corrected chi connectivity index (χ3v) is 4.82. The second-order valence-corrected chi connectivity index (χ2v) is 10.0. The summed E-state index contributed by atoms with van der Waals surface area (Å²) in [5.74, 6) is -1.05. The van der Waals surface area contributed by atoms with Gasteiger partial charge in [0.1, 0.15) is 17.2 Å². The summed E-state index contributed by atoms with van der Waals surface area (Å²) in [5, 5.41) is 13.9. The Labute approximate surface area is 172 Å². The van der Waals surface area contributed by atoms with E-state index in [1.54, 1.807) is 41.5 Å². The molecular weight excluding hydrogens is 412 g/mol. The van der Waals surface area contributed by atoms with Gasteiger partial charge in [-0.2, -0.15) is 0 Å². The van der Waals surface area contributed by atoms with Crippen molar-refractivity contribution in [3.8, 4) is 0 Å². The van der Waals surface area contributed by atoms with E-state index in [9.17, 15) is 24.3 Å². The van der Waals surface area contributed by atoms with Crippen molar-refractivity contribution in [2.45, 2.75) is 65.0 Å². The summed E-state index contributed by atoms with van der Waals surface area (Å²) in [4.78, 5) is 45.3. The van der Waals surface area contributed by atoms with Crippen LogP contribution in [0.5, 0.6) is 0 Å². The molecule has 0 aliphatic rings. The van der Waals surface area contributed by atoms with Gasteiger partial charge < -0.3 is 24.6 Å². The number of carbonyl (C=O) groups is 4. The van der Waals surface area contributed by atoms with Gasteiger partial charge in [-0.25, -0.2) is 14.4 Å². The first-order valence-electron chi connectivity index (χ1n) is 8.29. The maximum atomic E-state index is 11.7. The Kier molecular flexibility index (Phi) is 11.1. The molecule has 0 saturated heterocycles. The van der Waals surface area contributed by atoms with Crippen LogP contribution in [0.3, 0.4) is 0 Å². The molecule has 0 aromatic heterocycles. The molecule has 0 spiro atoms. The number of carboxylic acids is 1. The largest absolute Gasteiger partial charge is 0.480 e. The zero-order valence-electron chi connectivity index (χ0n) is 16.8. The first-order valence-corrected chi connectivity index (χ1v) is 10.8. The summed E-state index contributed by atoms with van der Waals surface area (Å²) in [7, 11) is 2.28. The van der Waals surface area contributed by atoms with Gasteiger partial charge >= 0.3 is 18.2 Å². The maximum Gasteiger partial charge on any atom is 0.410 e. The SMILES string of the molecule is CC(C)(C)OC(=O)N[C@@H](CSSC[C@H](NC(=O)OC(C)(C)C)C(=O)O)OC=O. The first kappa shape index (κ1) is 26.2. The highest BCUT2D eigenvalue weighted by Crippen LogP contribution is 2.23. The predicted molar refractivity (Wildman–Crippen MR) is 106 cm³/mol. The number of alkyl carbamates (subject to hydrolysis) is 2. The number of amides is 2. The smallest absolute Gasteiger partial charge is 0.410 e. The summed E-state index contributed by atoms with van der Waals surface area (Å²) in [6.45, 7) is 10.3. The third kappa shape index (κ3) is 14.3. The molecule has 2 amide bonds. The Morgan fingerprint density at radius 1 is 0.929 bits per heavy atom. The Morgan fingerprint density at radius 2 is 1.39 bits per heavy atom. The van der Waals surface area contributed by atoms with Gasteiger partial charge in [-0.1, -0.05) is 21.6 Å². The fourth-order valence-electron chi connectivity index (χ4n) is 1.47. The van der Waals surface area contributed by atoms with Gasteiger partial charge in [0.2, 0.25) is 0 Å². The Balaban J connectivity index is 4.46. The molecule has 3 N–H and O–H groups in total. The van der Waals surface area contributed by atoms with Crippen LogP contribution in [0.15, 0.2) is 0 Å². The van der Waals surface area contributed by atoms with Gasteiger partial charge in [0.05, 0.1) is 5.75 Å². The minimum absolute atomic E-state index is 0.0273. The zero-order chi connectivity index (χ0) is 22.0. The molecule has 0 bridgehead atoms. The molecule has 0 aromatic rings. The van der Waals surface area contributed by atoms with Gasteiger partial charge in [-0.3, -0.25) is 10.1 Å². The van der Waals surface area contributed by atoms with Crippen LogP contribution in [0.25, 0.3) is 0 Å². The van der Waals surface area contributed by atoms with Crippen LogP contribution >= 0.6 is 21.6 Å². The zero-order valence-corrected chi connectivity index (χ0v) is 18.4. The lowest BCUT2D eigenvalue weighted by atomic mass is 10.2. The lowest BCUT2D eigenvalue weighted by molar-refractivity contribution is -0.139. The first-order chi connectivity index (χ1) is 12.7. The summed E-state index contributed by atoms with van der Waals surface area (Å²) in [6.07, 6.45) is -2.54. The molecule has 0 radical (unpaired) electrons. The molecule has 0 unspecified atom stereocenters. The van der Waals surface area contributed by atoms with E-state index in [0.29, 0.717) is 0 Å². The van der Waals surface area contributed by atoms with E-state index in [0.717, 1.165) is 21.6 Å². The minimum Gasteiger partial charge on any atom is -0.480 e. The lowest BCUT2D eigenvalue weighted by Gasteiger charge is -2.23. The van der Waals surface area contributed by atoms with Crippen LogP contribution in [0.2, 0.25) is 0 Å². The van der Waals surface area contributed by atoms with Crippen LogP contribution in [0.4, 0.5) is 9.59 Å². The molecule has 162 valence electrons. The number of aliphatic carboxylic acids is 1. The molecular formula is C16H28N2O8S2. The average molecular weight is 441 g/mol. The number of hydrogen-bond acceptors (Lipinski definition) is 9. The van der Waals surface area contributed by atoms with E-state index in [1.165, 1.54) is 0 Å². The van der Waals surface area contributed by atoms with Crippen molar-refractivity contribution < 1.29 is 38.5 Å². The molecule has 28 heavy (non-hydrogen) atoms. The van der Waals surface area contributed by atoms with E-state index in [2.05, 4.69) is 10.6 Å². The van der Waals surface area contributed by atoms with E-state index >= 15 is 0 Å². The summed E-state index contributed by atoms with van der Waals surface area (Å²) >= 11 is 0. The van der Waals surface area contributed by atoms with Crippen molar-refractivity contribution in [1.29, 1.82) is 0 Å². The van der Waals surface area contributed by atoms with Crippen LogP contribution in [0.1, 0.15) is 41.5 Å². The summed E-state index contributed by atoms with van der Waals surface area (Å²) in [5.41, 5.74) is -1.46. The van der Waals surface area contributed by atoms with Crippen molar-refractivity contribution in [1.82, 2.24) is 10.6 Å². The topological polar surface area (TPSA) is 140 Å². The van der Waals surface area contributed by atoms with E-state index < -0.39 is 41.6 Å². The highest BCUT2D eigenvalue weighted by atomic mass is 33.1. The summed E-state index contributed by atoms with van der Waals surface area (Å²) < 4.78 is 14.9. The number of ether oxygens (including phenoxy) is 3. The Morgan fingerprint density at radius 3 is 1.82 bits per heavy atom. The van der Waals surface area contributed by atoms with Gasteiger partial charge in [-0.15, -0.1) is 0 Å². The minimum atomic E-state index is -1.22. The normalized spacial score (nSPS) is 13.6. The number of nitrogens with one attached hydrogen (secondary N) is 2. The van der Waals surface area contributed by atoms with Crippen LogP contribution in [-0.4, -0.2) is 64.7 Å². The van der Waals surface area contributed by atoms with E-state index in [-0.39, 0.29) is 18.0 Å². The molecule has 0 aromatic carbocycles. The average Bonchev–Trinajstić information content (AvgIpc) is 2.46. The predicted octanol–water partition coefficient (Wildman–Crippen LogP) is 2.37.